The Labute approximate surface area is 144 Å². The zero-order valence-corrected chi connectivity index (χ0v) is 13.0. The van der Waals surface area contributed by atoms with Gasteiger partial charge in [0.05, 0.1) is 27.8 Å². The van der Waals surface area contributed by atoms with Crippen molar-refractivity contribution in [2.24, 2.45) is 0 Å². The van der Waals surface area contributed by atoms with Gasteiger partial charge in [0.25, 0.3) is 0 Å². The molecule has 0 saturated carbocycles. The molecule has 130 valence electrons. The SMILES string of the molecule is O=C(O)c1ccc2c(c1)nc(-c1ccc(C(F)(F)F)nc1)c1cccn12. The summed E-state index contributed by atoms with van der Waals surface area (Å²) >= 11 is 0. The maximum absolute atomic E-state index is 12.7. The first-order valence-electron chi connectivity index (χ1n) is 7.52. The number of fused-ring (bicyclic) bond motifs is 3. The highest BCUT2D eigenvalue weighted by atomic mass is 19.4. The molecule has 3 heterocycles. The number of aromatic carboxylic acids is 1. The first-order valence-corrected chi connectivity index (χ1v) is 7.52. The third kappa shape index (κ3) is 2.55. The summed E-state index contributed by atoms with van der Waals surface area (Å²) in [4.78, 5) is 19.1. The number of hydrogen-bond acceptors (Lipinski definition) is 3. The molecule has 1 N–H and O–H groups in total. The lowest BCUT2D eigenvalue weighted by atomic mass is 10.1. The van der Waals surface area contributed by atoms with Crippen LogP contribution in [0.4, 0.5) is 13.2 Å². The van der Waals surface area contributed by atoms with E-state index < -0.39 is 17.8 Å². The van der Waals surface area contributed by atoms with Crippen LogP contribution in [-0.4, -0.2) is 25.4 Å². The van der Waals surface area contributed by atoms with Gasteiger partial charge in [-0.05, 0) is 42.5 Å². The zero-order chi connectivity index (χ0) is 18.5. The van der Waals surface area contributed by atoms with Crippen molar-refractivity contribution in [2.75, 3.05) is 0 Å². The minimum atomic E-state index is -4.52. The molecule has 0 atom stereocenters. The third-order valence-electron chi connectivity index (χ3n) is 4.03. The van der Waals surface area contributed by atoms with Crippen LogP contribution in [0.3, 0.4) is 0 Å². The number of carboxylic acids is 1. The van der Waals surface area contributed by atoms with E-state index in [-0.39, 0.29) is 5.56 Å². The summed E-state index contributed by atoms with van der Waals surface area (Å²) in [6, 6.07) is 10.3. The molecule has 0 aliphatic rings. The van der Waals surface area contributed by atoms with Crippen LogP contribution < -0.4 is 0 Å². The van der Waals surface area contributed by atoms with Gasteiger partial charge in [-0.25, -0.2) is 9.78 Å². The fraction of sp³-hybridized carbons (Fsp3) is 0.0556. The van der Waals surface area contributed by atoms with Crippen molar-refractivity contribution in [1.82, 2.24) is 14.4 Å². The first kappa shape index (κ1) is 16.1. The van der Waals surface area contributed by atoms with Crippen molar-refractivity contribution in [3.8, 4) is 11.3 Å². The number of pyridine rings is 1. The number of alkyl halides is 3. The molecule has 0 unspecified atom stereocenters. The summed E-state index contributed by atoms with van der Waals surface area (Å²) in [6.45, 7) is 0. The molecule has 0 fully saturated rings. The van der Waals surface area contributed by atoms with Gasteiger partial charge in [-0.2, -0.15) is 13.2 Å². The van der Waals surface area contributed by atoms with Crippen LogP contribution >= 0.6 is 0 Å². The van der Waals surface area contributed by atoms with Gasteiger partial charge in [0, 0.05) is 18.0 Å². The standard InChI is InChI=1S/C18H10F3N3O2/c19-18(20,21)15-6-4-11(9-22-15)16-14-2-1-7-24(14)13-5-3-10(17(25)26)8-12(13)23-16/h1-9H,(H,25,26). The Morgan fingerprint density at radius 3 is 2.54 bits per heavy atom. The average Bonchev–Trinajstić information content (AvgIpc) is 3.09. The summed E-state index contributed by atoms with van der Waals surface area (Å²) in [5.74, 6) is -1.08. The highest BCUT2D eigenvalue weighted by Gasteiger charge is 2.32. The van der Waals surface area contributed by atoms with E-state index in [9.17, 15) is 18.0 Å². The molecule has 5 nitrogen and oxygen atoms in total. The van der Waals surface area contributed by atoms with Crippen molar-refractivity contribution < 1.29 is 23.1 Å². The lowest BCUT2D eigenvalue weighted by molar-refractivity contribution is -0.141. The Bertz CT molecular complexity index is 1150. The number of benzene rings is 1. The largest absolute Gasteiger partial charge is 0.478 e. The quantitative estimate of drug-likeness (QED) is 0.582. The van der Waals surface area contributed by atoms with E-state index in [0.717, 1.165) is 12.3 Å². The second kappa shape index (κ2) is 5.55. The Morgan fingerprint density at radius 1 is 1.08 bits per heavy atom. The maximum Gasteiger partial charge on any atom is 0.433 e. The molecule has 0 radical (unpaired) electrons. The molecule has 4 rings (SSSR count). The first-order chi connectivity index (χ1) is 12.3. The van der Waals surface area contributed by atoms with Crippen molar-refractivity contribution in [3.63, 3.8) is 0 Å². The summed E-state index contributed by atoms with van der Waals surface area (Å²) in [5, 5.41) is 9.16. The van der Waals surface area contributed by atoms with Crippen LogP contribution in [0.5, 0.6) is 0 Å². The molecule has 0 bridgehead atoms. The second-order valence-corrected chi connectivity index (χ2v) is 5.66. The smallest absolute Gasteiger partial charge is 0.433 e. The summed E-state index contributed by atoms with van der Waals surface area (Å²) in [6.07, 6.45) is -1.62. The Hall–Kier alpha value is -3.42. The molecule has 3 aromatic heterocycles. The summed E-state index contributed by atoms with van der Waals surface area (Å²) < 4.78 is 40.0. The normalized spacial score (nSPS) is 12.0. The monoisotopic (exact) mass is 357 g/mol. The molecule has 4 aromatic rings. The zero-order valence-electron chi connectivity index (χ0n) is 13.0. The van der Waals surface area contributed by atoms with Crippen molar-refractivity contribution in [3.05, 3.63) is 66.1 Å². The topological polar surface area (TPSA) is 67.5 Å². The van der Waals surface area contributed by atoms with Crippen LogP contribution in [0.1, 0.15) is 16.1 Å². The number of nitrogens with zero attached hydrogens (tertiary/aromatic N) is 3. The van der Waals surface area contributed by atoms with E-state index in [4.69, 9.17) is 5.11 Å². The lowest BCUT2D eigenvalue weighted by Gasteiger charge is -2.10. The van der Waals surface area contributed by atoms with Gasteiger partial charge in [0.15, 0.2) is 0 Å². The van der Waals surface area contributed by atoms with Crippen LogP contribution in [-0.2, 0) is 6.18 Å². The third-order valence-corrected chi connectivity index (χ3v) is 4.03. The average molecular weight is 357 g/mol. The van der Waals surface area contributed by atoms with Gasteiger partial charge in [-0.1, -0.05) is 0 Å². The molecule has 26 heavy (non-hydrogen) atoms. The van der Waals surface area contributed by atoms with E-state index >= 15 is 0 Å². The summed E-state index contributed by atoms with van der Waals surface area (Å²) in [5.41, 5.74) is 1.72. The Balaban J connectivity index is 1.95. The van der Waals surface area contributed by atoms with E-state index in [2.05, 4.69) is 9.97 Å². The molecule has 0 saturated heterocycles. The van der Waals surface area contributed by atoms with Crippen molar-refractivity contribution in [2.45, 2.75) is 6.18 Å². The molecule has 0 spiro atoms. The number of carbonyl (C=O) groups is 1. The molecular formula is C18H10F3N3O2. The fourth-order valence-corrected chi connectivity index (χ4v) is 2.83. The van der Waals surface area contributed by atoms with Gasteiger partial charge in [-0.3, -0.25) is 4.98 Å². The highest BCUT2D eigenvalue weighted by molar-refractivity contribution is 5.94. The number of halogens is 3. The van der Waals surface area contributed by atoms with E-state index in [1.165, 1.54) is 18.2 Å². The van der Waals surface area contributed by atoms with Gasteiger partial charge in [-0.15, -0.1) is 0 Å². The molecule has 0 amide bonds. The predicted molar refractivity (Wildman–Crippen MR) is 87.9 cm³/mol. The van der Waals surface area contributed by atoms with Gasteiger partial charge in [0.1, 0.15) is 5.69 Å². The van der Waals surface area contributed by atoms with Gasteiger partial charge in [0.2, 0.25) is 0 Å². The molecule has 1 aromatic carbocycles. The van der Waals surface area contributed by atoms with E-state index in [1.54, 1.807) is 28.8 Å². The Morgan fingerprint density at radius 2 is 1.88 bits per heavy atom. The molecule has 0 aliphatic carbocycles. The minimum Gasteiger partial charge on any atom is -0.478 e. The lowest BCUT2D eigenvalue weighted by Crippen LogP contribution is -2.07. The highest BCUT2D eigenvalue weighted by Crippen LogP contribution is 2.31. The molecular weight excluding hydrogens is 347 g/mol. The van der Waals surface area contributed by atoms with E-state index in [1.807, 2.05) is 0 Å². The van der Waals surface area contributed by atoms with Crippen molar-refractivity contribution in [1.29, 1.82) is 0 Å². The van der Waals surface area contributed by atoms with Crippen LogP contribution in [0.15, 0.2) is 54.9 Å². The van der Waals surface area contributed by atoms with Crippen LogP contribution in [0.25, 0.3) is 27.8 Å². The maximum atomic E-state index is 12.7. The van der Waals surface area contributed by atoms with Gasteiger partial charge >= 0.3 is 12.1 Å². The fourth-order valence-electron chi connectivity index (χ4n) is 2.83. The molecule has 0 aliphatic heterocycles. The van der Waals surface area contributed by atoms with Crippen LogP contribution in [0.2, 0.25) is 0 Å². The number of rotatable bonds is 2. The number of aromatic nitrogens is 3. The molecule has 8 heteroatoms. The second-order valence-electron chi connectivity index (χ2n) is 5.66. The predicted octanol–water partition coefficient (Wildman–Crippen LogP) is 4.27. The Kier molecular flexibility index (Phi) is 3.43. The minimum absolute atomic E-state index is 0.0769. The van der Waals surface area contributed by atoms with Crippen molar-refractivity contribution >= 4 is 22.5 Å². The van der Waals surface area contributed by atoms with Crippen LogP contribution in [0, 0.1) is 0 Å². The number of carboxylic acid groups (broad SMARTS) is 1. The summed E-state index contributed by atoms with van der Waals surface area (Å²) in [7, 11) is 0. The van der Waals surface area contributed by atoms with E-state index in [0.29, 0.717) is 27.8 Å². The van der Waals surface area contributed by atoms with Gasteiger partial charge < -0.3 is 9.51 Å². The number of hydrogen-bond donors (Lipinski definition) is 1.